The molecule has 23 heavy (non-hydrogen) atoms. The maximum absolute atomic E-state index is 12.2. The smallest absolute Gasteiger partial charge is 0.237 e. The van der Waals surface area contributed by atoms with E-state index in [9.17, 15) is 4.79 Å². The lowest BCUT2D eigenvalue weighted by Gasteiger charge is -2.21. The average molecular weight is 337 g/mol. The minimum Gasteiger partial charge on any atom is -0.348 e. The number of imidazole rings is 1. The first kappa shape index (κ1) is 19.2. The molecule has 3 N–H and O–H groups in total. The van der Waals surface area contributed by atoms with Gasteiger partial charge in [-0.15, -0.1) is 12.4 Å². The fraction of sp³-hybridized carbons (Fsp3) is 0.412. The Morgan fingerprint density at radius 3 is 2.74 bits per heavy atom. The SMILES string of the molecule is CCC(C)C(N)C(=O)NC(C)c1cccc(-n2ccnc2)c1.Cl. The van der Waals surface area contributed by atoms with Crippen LogP contribution in [0.5, 0.6) is 0 Å². The average Bonchev–Trinajstić information content (AvgIpc) is 3.07. The van der Waals surface area contributed by atoms with Crippen LogP contribution in [0, 0.1) is 5.92 Å². The zero-order valence-corrected chi connectivity index (χ0v) is 14.6. The molecule has 0 aliphatic carbocycles. The molecule has 126 valence electrons. The third kappa shape index (κ3) is 4.81. The summed E-state index contributed by atoms with van der Waals surface area (Å²) in [5.74, 6) is 0.0689. The van der Waals surface area contributed by atoms with Crippen molar-refractivity contribution in [3.05, 3.63) is 48.5 Å². The first-order valence-electron chi connectivity index (χ1n) is 7.67. The number of halogens is 1. The molecule has 2 rings (SSSR count). The number of rotatable bonds is 6. The van der Waals surface area contributed by atoms with Gasteiger partial charge in [-0.1, -0.05) is 32.4 Å². The van der Waals surface area contributed by atoms with Crippen LogP contribution < -0.4 is 11.1 Å². The largest absolute Gasteiger partial charge is 0.348 e. The summed E-state index contributed by atoms with van der Waals surface area (Å²) in [6.45, 7) is 6.00. The van der Waals surface area contributed by atoms with Crippen LogP contribution >= 0.6 is 12.4 Å². The molecule has 3 atom stereocenters. The van der Waals surface area contributed by atoms with Crippen molar-refractivity contribution in [3.63, 3.8) is 0 Å². The molecule has 1 aromatic carbocycles. The van der Waals surface area contributed by atoms with E-state index in [0.717, 1.165) is 17.7 Å². The molecule has 5 nitrogen and oxygen atoms in total. The van der Waals surface area contributed by atoms with Crippen LogP contribution in [0.1, 0.15) is 38.8 Å². The highest BCUT2D eigenvalue weighted by Crippen LogP contribution is 2.17. The third-order valence-electron chi connectivity index (χ3n) is 4.09. The summed E-state index contributed by atoms with van der Waals surface area (Å²) in [4.78, 5) is 16.2. The highest BCUT2D eigenvalue weighted by Gasteiger charge is 2.21. The number of hydrogen-bond acceptors (Lipinski definition) is 3. The highest BCUT2D eigenvalue weighted by atomic mass is 35.5. The number of carbonyl (C=O) groups excluding carboxylic acids is 1. The van der Waals surface area contributed by atoms with Crippen molar-refractivity contribution in [2.75, 3.05) is 0 Å². The summed E-state index contributed by atoms with van der Waals surface area (Å²) in [6.07, 6.45) is 6.27. The maximum atomic E-state index is 12.2. The molecule has 0 aliphatic heterocycles. The predicted molar refractivity (Wildman–Crippen MR) is 94.8 cm³/mol. The van der Waals surface area contributed by atoms with Crippen LogP contribution in [-0.4, -0.2) is 21.5 Å². The summed E-state index contributed by atoms with van der Waals surface area (Å²) in [7, 11) is 0. The van der Waals surface area contributed by atoms with E-state index in [-0.39, 0.29) is 30.3 Å². The molecule has 0 aliphatic rings. The normalized spacial score (nSPS) is 14.4. The third-order valence-corrected chi connectivity index (χ3v) is 4.09. The molecule has 1 aromatic heterocycles. The first-order chi connectivity index (χ1) is 10.5. The number of nitrogens with one attached hydrogen (secondary N) is 1. The van der Waals surface area contributed by atoms with E-state index in [1.165, 1.54) is 0 Å². The first-order valence-corrected chi connectivity index (χ1v) is 7.67. The Kier molecular flexibility index (Phi) is 7.26. The van der Waals surface area contributed by atoms with Crippen molar-refractivity contribution < 1.29 is 4.79 Å². The monoisotopic (exact) mass is 336 g/mol. The fourth-order valence-electron chi connectivity index (χ4n) is 2.27. The lowest BCUT2D eigenvalue weighted by atomic mass is 9.98. The van der Waals surface area contributed by atoms with Gasteiger partial charge in [-0.25, -0.2) is 4.98 Å². The van der Waals surface area contributed by atoms with Crippen molar-refractivity contribution in [2.45, 2.75) is 39.3 Å². The topological polar surface area (TPSA) is 72.9 Å². The zero-order valence-electron chi connectivity index (χ0n) is 13.8. The minimum atomic E-state index is -0.468. The number of carbonyl (C=O) groups is 1. The standard InChI is InChI=1S/C17H24N4O.ClH/c1-4-12(2)16(18)17(22)20-13(3)14-6-5-7-15(10-14)21-9-8-19-11-21;/h5-13,16H,4,18H2,1-3H3,(H,20,22);1H. The van der Waals surface area contributed by atoms with Gasteiger partial charge in [0.1, 0.15) is 0 Å². The van der Waals surface area contributed by atoms with Gasteiger partial charge in [-0.3, -0.25) is 4.79 Å². The molecular weight excluding hydrogens is 312 g/mol. The van der Waals surface area contributed by atoms with Gasteiger partial charge in [0, 0.05) is 18.1 Å². The summed E-state index contributed by atoms with van der Waals surface area (Å²) in [6, 6.07) is 7.46. The Balaban J connectivity index is 0.00000264. The minimum absolute atomic E-state index is 0. The second kappa shape index (κ2) is 8.70. The Hall–Kier alpha value is -1.85. The summed E-state index contributed by atoms with van der Waals surface area (Å²) >= 11 is 0. The number of hydrogen-bond donors (Lipinski definition) is 2. The summed E-state index contributed by atoms with van der Waals surface area (Å²) < 4.78 is 1.93. The molecule has 1 heterocycles. The van der Waals surface area contributed by atoms with Gasteiger partial charge in [0.15, 0.2) is 0 Å². The molecule has 0 fully saturated rings. The zero-order chi connectivity index (χ0) is 16.1. The summed E-state index contributed by atoms with van der Waals surface area (Å²) in [5.41, 5.74) is 8.03. The number of nitrogens with two attached hydrogens (primary N) is 1. The Bertz CT molecular complexity index is 615. The van der Waals surface area contributed by atoms with E-state index in [4.69, 9.17) is 5.73 Å². The second-order valence-electron chi connectivity index (χ2n) is 5.71. The Morgan fingerprint density at radius 1 is 1.39 bits per heavy atom. The van der Waals surface area contributed by atoms with Gasteiger partial charge in [-0.2, -0.15) is 0 Å². The quantitative estimate of drug-likeness (QED) is 0.852. The molecule has 0 bridgehead atoms. The van der Waals surface area contributed by atoms with E-state index in [1.54, 1.807) is 12.5 Å². The maximum Gasteiger partial charge on any atom is 0.237 e. The Morgan fingerprint density at radius 2 is 2.13 bits per heavy atom. The van der Waals surface area contributed by atoms with Crippen molar-refractivity contribution in [3.8, 4) is 5.69 Å². The molecule has 1 amide bonds. The van der Waals surface area contributed by atoms with Crippen LogP contribution in [-0.2, 0) is 4.79 Å². The molecule has 0 saturated heterocycles. The van der Waals surface area contributed by atoms with Crippen molar-refractivity contribution in [1.82, 2.24) is 14.9 Å². The van der Waals surface area contributed by atoms with Gasteiger partial charge in [0.25, 0.3) is 0 Å². The molecule has 0 radical (unpaired) electrons. The molecule has 2 aromatic rings. The molecule has 0 saturated carbocycles. The second-order valence-corrected chi connectivity index (χ2v) is 5.71. The van der Waals surface area contributed by atoms with Crippen molar-refractivity contribution in [2.24, 2.45) is 11.7 Å². The van der Waals surface area contributed by atoms with Crippen LogP contribution in [0.4, 0.5) is 0 Å². The van der Waals surface area contributed by atoms with Gasteiger partial charge < -0.3 is 15.6 Å². The number of benzene rings is 1. The molecular formula is C17H25ClN4O. The summed E-state index contributed by atoms with van der Waals surface area (Å²) in [5, 5.41) is 2.99. The van der Waals surface area contributed by atoms with Crippen LogP contribution in [0.15, 0.2) is 43.0 Å². The highest BCUT2D eigenvalue weighted by molar-refractivity contribution is 5.85. The lowest BCUT2D eigenvalue weighted by molar-refractivity contribution is -0.124. The van der Waals surface area contributed by atoms with Crippen LogP contribution in [0.25, 0.3) is 5.69 Å². The van der Waals surface area contributed by atoms with Crippen molar-refractivity contribution in [1.29, 1.82) is 0 Å². The number of nitrogens with zero attached hydrogens (tertiary/aromatic N) is 2. The van der Waals surface area contributed by atoms with Crippen LogP contribution in [0.2, 0.25) is 0 Å². The van der Waals surface area contributed by atoms with Gasteiger partial charge in [-0.05, 0) is 30.5 Å². The van der Waals surface area contributed by atoms with E-state index >= 15 is 0 Å². The van der Waals surface area contributed by atoms with E-state index < -0.39 is 6.04 Å². The lowest BCUT2D eigenvalue weighted by Crippen LogP contribution is -2.45. The molecule has 6 heteroatoms. The number of aromatic nitrogens is 2. The van der Waals surface area contributed by atoms with Crippen LogP contribution in [0.3, 0.4) is 0 Å². The van der Waals surface area contributed by atoms with E-state index in [0.29, 0.717) is 0 Å². The molecule has 0 spiro atoms. The van der Waals surface area contributed by atoms with E-state index in [1.807, 2.05) is 55.8 Å². The van der Waals surface area contributed by atoms with Gasteiger partial charge in [0.05, 0.1) is 18.4 Å². The Labute approximate surface area is 143 Å². The predicted octanol–water partition coefficient (Wildman–Crippen LogP) is 2.84. The molecule has 3 unspecified atom stereocenters. The van der Waals surface area contributed by atoms with Crippen molar-refractivity contribution >= 4 is 18.3 Å². The van der Waals surface area contributed by atoms with E-state index in [2.05, 4.69) is 10.3 Å². The fourth-order valence-corrected chi connectivity index (χ4v) is 2.27. The van der Waals surface area contributed by atoms with Gasteiger partial charge >= 0.3 is 0 Å². The number of amides is 1. The van der Waals surface area contributed by atoms with Gasteiger partial charge in [0.2, 0.25) is 5.91 Å².